The van der Waals surface area contributed by atoms with Crippen LogP contribution in [0.3, 0.4) is 0 Å². The summed E-state index contributed by atoms with van der Waals surface area (Å²) < 4.78 is 16.7. The smallest absolute Gasteiger partial charge is 0.101 e. The predicted octanol–water partition coefficient (Wildman–Crippen LogP) is 2.60. The van der Waals surface area contributed by atoms with Gasteiger partial charge in [-0.1, -0.05) is 0 Å². The van der Waals surface area contributed by atoms with E-state index in [4.69, 9.17) is 13.9 Å². The van der Waals surface area contributed by atoms with E-state index in [0.717, 1.165) is 56.8 Å². The van der Waals surface area contributed by atoms with Crippen LogP contribution in [0.25, 0.3) is 0 Å². The van der Waals surface area contributed by atoms with Gasteiger partial charge in [0.15, 0.2) is 0 Å². The Labute approximate surface area is 113 Å². The van der Waals surface area contributed by atoms with Crippen LogP contribution in [-0.4, -0.2) is 30.5 Å². The molecule has 0 saturated carbocycles. The van der Waals surface area contributed by atoms with E-state index in [1.165, 1.54) is 0 Å². The third-order valence-electron chi connectivity index (χ3n) is 4.47. The molecule has 2 atom stereocenters. The summed E-state index contributed by atoms with van der Waals surface area (Å²) in [6, 6.07) is 1.93. The van der Waals surface area contributed by atoms with Gasteiger partial charge in [0, 0.05) is 25.4 Å². The molecule has 2 unspecified atom stereocenters. The van der Waals surface area contributed by atoms with Crippen molar-refractivity contribution in [3.63, 3.8) is 0 Å². The molecule has 1 aromatic rings. The van der Waals surface area contributed by atoms with Gasteiger partial charge in [-0.2, -0.15) is 0 Å². The quantitative estimate of drug-likeness (QED) is 0.894. The predicted molar refractivity (Wildman–Crippen MR) is 69.9 cm³/mol. The van der Waals surface area contributed by atoms with Crippen LogP contribution in [0.1, 0.15) is 43.1 Å². The van der Waals surface area contributed by atoms with Crippen LogP contribution in [0.5, 0.6) is 0 Å². The zero-order valence-electron chi connectivity index (χ0n) is 11.4. The second kappa shape index (κ2) is 5.27. The molecule has 3 heterocycles. The first-order valence-electron chi connectivity index (χ1n) is 7.13. The van der Waals surface area contributed by atoms with Gasteiger partial charge in [-0.05, 0) is 44.6 Å². The zero-order chi connectivity index (χ0) is 13.3. The van der Waals surface area contributed by atoms with E-state index in [9.17, 15) is 5.11 Å². The Morgan fingerprint density at radius 1 is 1.32 bits per heavy atom. The van der Waals surface area contributed by atoms with Crippen molar-refractivity contribution in [2.24, 2.45) is 5.92 Å². The third-order valence-corrected chi connectivity index (χ3v) is 4.47. The van der Waals surface area contributed by atoms with Crippen molar-refractivity contribution in [3.05, 3.63) is 23.7 Å². The molecule has 2 fully saturated rings. The van der Waals surface area contributed by atoms with E-state index in [1.54, 1.807) is 6.26 Å². The van der Waals surface area contributed by atoms with Crippen molar-refractivity contribution < 1.29 is 19.0 Å². The van der Waals surface area contributed by atoms with Crippen molar-refractivity contribution in [2.75, 3.05) is 19.8 Å². The molecule has 2 saturated heterocycles. The maximum Gasteiger partial charge on any atom is 0.101 e. The van der Waals surface area contributed by atoms with Gasteiger partial charge in [-0.15, -0.1) is 0 Å². The van der Waals surface area contributed by atoms with Crippen molar-refractivity contribution in [2.45, 2.75) is 44.3 Å². The maximum absolute atomic E-state index is 10.5. The van der Waals surface area contributed by atoms with E-state index in [-0.39, 0.29) is 11.5 Å². The molecule has 1 aromatic heterocycles. The fourth-order valence-corrected chi connectivity index (χ4v) is 3.32. The minimum absolute atomic E-state index is 0.0685. The van der Waals surface area contributed by atoms with E-state index < -0.39 is 6.10 Å². The first kappa shape index (κ1) is 13.2. The maximum atomic E-state index is 10.5. The molecule has 19 heavy (non-hydrogen) atoms. The van der Waals surface area contributed by atoms with Gasteiger partial charge >= 0.3 is 0 Å². The Morgan fingerprint density at radius 3 is 2.79 bits per heavy atom. The number of ether oxygens (including phenoxy) is 2. The molecule has 106 valence electrons. The Morgan fingerprint density at radius 2 is 2.11 bits per heavy atom. The van der Waals surface area contributed by atoms with Gasteiger partial charge in [0.25, 0.3) is 0 Å². The number of hydrogen-bond acceptors (Lipinski definition) is 4. The first-order chi connectivity index (χ1) is 9.19. The van der Waals surface area contributed by atoms with E-state index in [0.29, 0.717) is 0 Å². The standard InChI is InChI=1S/C15H22O4/c1-11-8-13(10-18-11)14(16)12-2-5-19-15(9-12)3-6-17-7-4-15/h8,10,12,14,16H,2-7,9H2,1H3. The lowest BCUT2D eigenvalue weighted by molar-refractivity contribution is -0.159. The van der Waals surface area contributed by atoms with E-state index in [1.807, 2.05) is 13.0 Å². The molecule has 0 amide bonds. The van der Waals surface area contributed by atoms with Crippen molar-refractivity contribution in [1.29, 1.82) is 0 Å². The zero-order valence-corrected chi connectivity index (χ0v) is 11.4. The number of aryl methyl sites for hydroxylation is 1. The monoisotopic (exact) mass is 266 g/mol. The van der Waals surface area contributed by atoms with Crippen molar-refractivity contribution in [3.8, 4) is 0 Å². The molecule has 0 radical (unpaired) electrons. The fraction of sp³-hybridized carbons (Fsp3) is 0.733. The molecule has 0 aliphatic carbocycles. The molecule has 1 spiro atoms. The summed E-state index contributed by atoms with van der Waals surface area (Å²) >= 11 is 0. The topological polar surface area (TPSA) is 51.8 Å². The van der Waals surface area contributed by atoms with Crippen LogP contribution in [0.4, 0.5) is 0 Å². The highest BCUT2D eigenvalue weighted by Crippen LogP contribution is 2.41. The van der Waals surface area contributed by atoms with Crippen LogP contribution in [-0.2, 0) is 9.47 Å². The van der Waals surface area contributed by atoms with Gasteiger partial charge in [-0.25, -0.2) is 0 Å². The molecule has 0 bridgehead atoms. The summed E-state index contributed by atoms with van der Waals surface area (Å²) in [4.78, 5) is 0. The number of hydrogen-bond donors (Lipinski definition) is 1. The molecule has 2 aliphatic rings. The van der Waals surface area contributed by atoms with Crippen molar-refractivity contribution >= 4 is 0 Å². The third kappa shape index (κ3) is 2.71. The Kier molecular flexibility index (Phi) is 3.65. The van der Waals surface area contributed by atoms with Crippen LogP contribution in [0.15, 0.2) is 16.7 Å². The SMILES string of the molecule is Cc1cc(C(O)C2CCOC3(CCOCC3)C2)co1. The normalized spacial score (nSPS) is 28.4. The Balaban J connectivity index is 1.70. The number of rotatable bonds is 2. The van der Waals surface area contributed by atoms with E-state index in [2.05, 4.69) is 0 Å². The summed E-state index contributed by atoms with van der Waals surface area (Å²) in [6.07, 6.45) is 4.95. The highest BCUT2D eigenvalue weighted by Gasteiger charge is 2.41. The van der Waals surface area contributed by atoms with Crippen LogP contribution < -0.4 is 0 Å². The summed E-state index contributed by atoms with van der Waals surface area (Å²) in [7, 11) is 0. The summed E-state index contributed by atoms with van der Waals surface area (Å²) in [6.45, 7) is 4.18. The molecule has 1 N–H and O–H groups in total. The number of aliphatic hydroxyl groups is 1. The van der Waals surface area contributed by atoms with Crippen molar-refractivity contribution in [1.82, 2.24) is 0 Å². The average Bonchev–Trinajstić information content (AvgIpc) is 2.85. The minimum atomic E-state index is -0.443. The summed E-state index contributed by atoms with van der Waals surface area (Å²) in [5, 5.41) is 10.5. The minimum Gasteiger partial charge on any atom is -0.469 e. The van der Waals surface area contributed by atoms with Gasteiger partial charge in [-0.3, -0.25) is 0 Å². The first-order valence-corrected chi connectivity index (χ1v) is 7.13. The fourth-order valence-electron chi connectivity index (χ4n) is 3.32. The molecule has 4 heteroatoms. The van der Waals surface area contributed by atoms with Gasteiger partial charge in [0.05, 0.1) is 18.0 Å². The molecule has 4 nitrogen and oxygen atoms in total. The Bertz CT molecular complexity index is 414. The van der Waals surface area contributed by atoms with Gasteiger partial charge in [0.2, 0.25) is 0 Å². The van der Waals surface area contributed by atoms with Gasteiger partial charge in [0.1, 0.15) is 5.76 Å². The van der Waals surface area contributed by atoms with Gasteiger partial charge < -0.3 is 19.0 Å². The average molecular weight is 266 g/mol. The number of furan rings is 1. The van der Waals surface area contributed by atoms with Crippen LogP contribution in [0, 0.1) is 12.8 Å². The molecule has 2 aliphatic heterocycles. The lowest BCUT2D eigenvalue weighted by Gasteiger charge is -2.44. The largest absolute Gasteiger partial charge is 0.469 e. The summed E-state index contributed by atoms with van der Waals surface area (Å²) in [5.74, 6) is 1.10. The highest BCUT2D eigenvalue weighted by atomic mass is 16.5. The Hall–Kier alpha value is -0.840. The molecule has 0 aromatic carbocycles. The highest BCUT2D eigenvalue weighted by molar-refractivity contribution is 5.16. The second-order valence-corrected chi connectivity index (χ2v) is 5.83. The lowest BCUT2D eigenvalue weighted by Crippen LogP contribution is -2.45. The van der Waals surface area contributed by atoms with Crippen LogP contribution >= 0.6 is 0 Å². The van der Waals surface area contributed by atoms with E-state index >= 15 is 0 Å². The second-order valence-electron chi connectivity index (χ2n) is 5.83. The molecular weight excluding hydrogens is 244 g/mol. The lowest BCUT2D eigenvalue weighted by atomic mass is 9.77. The summed E-state index contributed by atoms with van der Waals surface area (Å²) in [5.41, 5.74) is 0.826. The number of aliphatic hydroxyl groups excluding tert-OH is 1. The molecule has 3 rings (SSSR count). The van der Waals surface area contributed by atoms with Crippen LogP contribution in [0.2, 0.25) is 0 Å². The molecular formula is C15H22O4.